The van der Waals surface area contributed by atoms with E-state index in [9.17, 15) is 9.59 Å². The van der Waals surface area contributed by atoms with Gasteiger partial charge in [0.05, 0.1) is 29.2 Å². The minimum absolute atomic E-state index is 0.0756. The predicted octanol–water partition coefficient (Wildman–Crippen LogP) is 4.88. The van der Waals surface area contributed by atoms with Gasteiger partial charge in [-0.3, -0.25) is 19.4 Å². The van der Waals surface area contributed by atoms with E-state index < -0.39 is 0 Å². The van der Waals surface area contributed by atoms with E-state index in [0.717, 1.165) is 37.0 Å². The molecule has 1 aliphatic rings. The topological polar surface area (TPSA) is 76.1 Å². The van der Waals surface area contributed by atoms with Crippen LogP contribution in [0.25, 0.3) is 0 Å². The van der Waals surface area contributed by atoms with Gasteiger partial charge in [0.25, 0.3) is 5.56 Å². The van der Waals surface area contributed by atoms with Crippen LogP contribution in [-0.2, 0) is 4.79 Å². The second-order valence-corrected chi connectivity index (χ2v) is 8.50. The Labute approximate surface area is 176 Å². The molecule has 0 bridgehead atoms. The summed E-state index contributed by atoms with van der Waals surface area (Å²) in [6.07, 6.45) is 5.14. The number of aromatic amines is 1. The molecule has 0 saturated heterocycles. The van der Waals surface area contributed by atoms with Crippen LogP contribution < -0.4 is 15.6 Å². The molecular formula is C22H31N3O3S. The van der Waals surface area contributed by atoms with Crippen molar-refractivity contribution >= 4 is 23.5 Å². The fourth-order valence-corrected chi connectivity index (χ4v) is 4.84. The van der Waals surface area contributed by atoms with Crippen molar-refractivity contribution < 1.29 is 9.53 Å². The van der Waals surface area contributed by atoms with E-state index in [1.54, 1.807) is 0 Å². The first-order valence-electron chi connectivity index (χ1n) is 10.6. The molecule has 6 nitrogen and oxygen atoms in total. The number of hydrogen-bond donors (Lipinski definition) is 2. The van der Waals surface area contributed by atoms with Gasteiger partial charge in [-0.1, -0.05) is 45.7 Å². The number of rotatable bonds is 9. The maximum absolute atomic E-state index is 12.9. The van der Waals surface area contributed by atoms with E-state index in [1.807, 2.05) is 28.9 Å². The Balaban J connectivity index is 1.89. The number of hydrogen-bond acceptors (Lipinski definition) is 4. The minimum atomic E-state index is -0.197. The summed E-state index contributed by atoms with van der Waals surface area (Å²) in [7, 11) is 0. The number of ether oxygens (including phenoxy) is 1. The average molecular weight is 418 g/mol. The minimum Gasteiger partial charge on any atom is -0.494 e. The van der Waals surface area contributed by atoms with Gasteiger partial charge in [0.1, 0.15) is 11.6 Å². The van der Waals surface area contributed by atoms with Crippen LogP contribution >= 0.6 is 11.8 Å². The van der Waals surface area contributed by atoms with Crippen LogP contribution in [0.5, 0.6) is 5.75 Å². The van der Waals surface area contributed by atoms with Crippen molar-refractivity contribution in [3.63, 3.8) is 0 Å². The number of H-pyrrole nitrogens is 1. The molecule has 2 N–H and O–H groups in total. The van der Waals surface area contributed by atoms with Crippen LogP contribution in [0.15, 0.2) is 29.1 Å². The maximum Gasteiger partial charge on any atom is 0.270 e. The molecule has 0 radical (unpaired) electrons. The van der Waals surface area contributed by atoms with E-state index in [0.29, 0.717) is 23.7 Å². The lowest BCUT2D eigenvalue weighted by Crippen LogP contribution is -2.19. The van der Waals surface area contributed by atoms with Gasteiger partial charge in [-0.25, -0.2) is 0 Å². The van der Waals surface area contributed by atoms with Crippen LogP contribution in [0.4, 0.5) is 5.82 Å². The van der Waals surface area contributed by atoms with Crippen molar-refractivity contribution in [2.45, 2.75) is 64.2 Å². The Bertz CT molecular complexity index is 868. The van der Waals surface area contributed by atoms with Gasteiger partial charge in [0, 0.05) is 0 Å². The van der Waals surface area contributed by atoms with Crippen LogP contribution in [-0.4, -0.2) is 28.0 Å². The Kier molecular flexibility index (Phi) is 7.47. The summed E-state index contributed by atoms with van der Waals surface area (Å²) >= 11 is 1.49. The molecule has 1 amide bonds. The number of fused-ring (bicyclic) bond motifs is 1. The number of aromatic nitrogens is 2. The highest BCUT2D eigenvalue weighted by atomic mass is 32.2. The summed E-state index contributed by atoms with van der Waals surface area (Å²) in [6.45, 7) is 7.06. The Morgan fingerprint density at radius 2 is 1.86 bits per heavy atom. The molecule has 158 valence electrons. The van der Waals surface area contributed by atoms with Crippen molar-refractivity contribution in [2.75, 3.05) is 17.7 Å². The molecule has 0 unspecified atom stereocenters. The van der Waals surface area contributed by atoms with Gasteiger partial charge in [-0.2, -0.15) is 0 Å². The Morgan fingerprint density at radius 3 is 2.52 bits per heavy atom. The lowest BCUT2D eigenvalue weighted by atomic mass is 10.1. The van der Waals surface area contributed by atoms with E-state index in [2.05, 4.69) is 31.2 Å². The molecule has 0 fully saturated rings. The predicted molar refractivity (Wildman–Crippen MR) is 119 cm³/mol. The molecule has 3 rings (SSSR count). The van der Waals surface area contributed by atoms with Gasteiger partial charge in [-0.15, -0.1) is 11.8 Å². The number of unbranched alkanes of at least 4 members (excludes halogenated alkanes) is 2. The largest absolute Gasteiger partial charge is 0.494 e. The van der Waals surface area contributed by atoms with Crippen LogP contribution in [0.2, 0.25) is 0 Å². The monoisotopic (exact) mass is 417 g/mol. The molecule has 0 saturated carbocycles. The third-order valence-electron chi connectivity index (χ3n) is 5.37. The smallest absolute Gasteiger partial charge is 0.270 e. The van der Waals surface area contributed by atoms with Crippen molar-refractivity contribution in [1.82, 2.24) is 9.78 Å². The second-order valence-electron chi connectivity index (χ2n) is 7.41. The molecule has 1 aromatic heterocycles. The molecule has 0 aliphatic carbocycles. The molecule has 1 aromatic carbocycles. The highest BCUT2D eigenvalue weighted by Crippen LogP contribution is 2.41. The number of carbonyl (C=O) groups is 1. The quantitative estimate of drug-likeness (QED) is 0.570. The zero-order chi connectivity index (χ0) is 20.8. The molecule has 7 heteroatoms. The zero-order valence-electron chi connectivity index (χ0n) is 17.5. The van der Waals surface area contributed by atoms with Crippen LogP contribution in [0.3, 0.4) is 0 Å². The molecule has 2 aromatic rings. The van der Waals surface area contributed by atoms with E-state index in [4.69, 9.17) is 4.74 Å². The van der Waals surface area contributed by atoms with Crippen molar-refractivity contribution in [3.8, 4) is 5.75 Å². The first-order valence-corrected chi connectivity index (χ1v) is 11.6. The molecular weight excluding hydrogens is 386 g/mol. The van der Waals surface area contributed by atoms with E-state index in [1.165, 1.54) is 18.2 Å². The number of thioether (sulfide) groups is 1. The molecule has 2 heterocycles. The summed E-state index contributed by atoms with van der Waals surface area (Å²) in [4.78, 5) is 25.2. The van der Waals surface area contributed by atoms with Crippen molar-refractivity contribution in [3.05, 3.63) is 45.7 Å². The standard InChI is InChI=1S/C22H31N3O3S/c1-4-7-8-13-28-17-11-9-15(10-12-17)20-19-21(23-18(26)14-29-20)25(24-22(19)27)16(5-2)6-3/h9-12,16,20H,4-8,13-14H2,1-3H3,(H,23,26)(H,24,27)/t20-/m0/s1. The van der Waals surface area contributed by atoms with Gasteiger partial charge >= 0.3 is 0 Å². The second kappa shape index (κ2) is 10.1. The van der Waals surface area contributed by atoms with Crippen LogP contribution in [0, 0.1) is 0 Å². The highest BCUT2D eigenvalue weighted by molar-refractivity contribution is 8.00. The third-order valence-corrected chi connectivity index (χ3v) is 6.64. The number of nitrogens with zero attached hydrogens (tertiary/aromatic N) is 1. The lowest BCUT2D eigenvalue weighted by molar-refractivity contribution is -0.113. The normalized spacial score (nSPS) is 16.4. The summed E-state index contributed by atoms with van der Waals surface area (Å²) in [6, 6.07) is 8.05. The molecule has 1 atom stereocenters. The zero-order valence-corrected chi connectivity index (χ0v) is 18.3. The fourth-order valence-electron chi connectivity index (χ4n) is 3.72. The lowest BCUT2D eigenvalue weighted by Gasteiger charge is -2.18. The Morgan fingerprint density at radius 1 is 1.14 bits per heavy atom. The number of carbonyl (C=O) groups excluding carboxylic acids is 1. The van der Waals surface area contributed by atoms with Gasteiger partial charge in [0.2, 0.25) is 5.91 Å². The summed E-state index contributed by atoms with van der Waals surface area (Å²) in [5, 5.41) is 5.73. The first-order chi connectivity index (χ1) is 14.1. The average Bonchev–Trinajstić information content (AvgIpc) is 2.92. The Hall–Kier alpha value is -2.15. The maximum atomic E-state index is 12.9. The van der Waals surface area contributed by atoms with E-state index in [-0.39, 0.29) is 22.8 Å². The summed E-state index contributed by atoms with van der Waals surface area (Å²) in [5.41, 5.74) is 1.50. The molecule has 0 spiro atoms. The van der Waals surface area contributed by atoms with Crippen LogP contribution in [0.1, 0.15) is 75.3 Å². The first kappa shape index (κ1) is 21.6. The number of nitrogens with one attached hydrogen (secondary N) is 2. The summed E-state index contributed by atoms with van der Waals surface area (Å²) < 4.78 is 7.65. The highest BCUT2D eigenvalue weighted by Gasteiger charge is 2.31. The van der Waals surface area contributed by atoms with Gasteiger partial charge in [0.15, 0.2) is 0 Å². The van der Waals surface area contributed by atoms with Gasteiger partial charge < -0.3 is 10.1 Å². The third kappa shape index (κ3) is 4.89. The van der Waals surface area contributed by atoms with Gasteiger partial charge in [-0.05, 0) is 37.0 Å². The number of anilines is 1. The van der Waals surface area contributed by atoms with Crippen molar-refractivity contribution in [2.24, 2.45) is 0 Å². The molecule has 1 aliphatic heterocycles. The number of amides is 1. The molecule has 29 heavy (non-hydrogen) atoms. The van der Waals surface area contributed by atoms with E-state index >= 15 is 0 Å². The summed E-state index contributed by atoms with van der Waals surface area (Å²) in [5.74, 6) is 1.69. The number of benzene rings is 1. The fraction of sp³-hybridized carbons (Fsp3) is 0.545. The SMILES string of the molecule is CCCCCOc1ccc([C@@H]2SCC(=O)Nc3c2c(=O)[nH]n3C(CC)CC)cc1. The van der Waals surface area contributed by atoms with Crippen molar-refractivity contribution in [1.29, 1.82) is 0 Å².